The highest BCUT2D eigenvalue weighted by Gasteiger charge is 2.49. The van der Waals surface area contributed by atoms with Gasteiger partial charge in [0.15, 0.2) is 0 Å². The molecular formula is C17H33NO2. The van der Waals surface area contributed by atoms with E-state index in [1.807, 2.05) is 0 Å². The molecule has 0 bridgehead atoms. The monoisotopic (exact) mass is 283 g/mol. The van der Waals surface area contributed by atoms with E-state index in [9.17, 15) is 5.11 Å². The maximum absolute atomic E-state index is 9.53. The largest absolute Gasteiger partial charge is 0.396 e. The van der Waals surface area contributed by atoms with Gasteiger partial charge in [0.25, 0.3) is 0 Å². The third kappa shape index (κ3) is 3.55. The summed E-state index contributed by atoms with van der Waals surface area (Å²) in [5, 5.41) is 13.4. The van der Waals surface area contributed by atoms with Gasteiger partial charge >= 0.3 is 0 Å². The Morgan fingerprint density at radius 2 is 1.95 bits per heavy atom. The minimum atomic E-state index is 0.215. The van der Waals surface area contributed by atoms with Crippen LogP contribution >= 0.6 is 0 Å². The molecular weight excluding hydrogens is 250 g/mol. The minimum absolute atomic E-state index is 0.215. The van der Waals surface area contributed by atoms with Crippen molar-refractivity contribution < 1.29 is 9.84 Å². The average molecular weight is 283 g/mol. The second kappa shape index (κ2) is 6.76. The van der Waals surface area contributed by atoms with Crippen LogP contribution in [0.15, 0.2) is 0 Å². The quantitative estimate of drug-likeness (QED) is 0.787. The van der Waals surface area contributed by atoms with E-state index < -0.39 is 0 Å². The Hall–Kier alpha value is -0.120. The molecule has 2 saturated carbocycles. The van der Waals surface area contributed by atoms with Gasteiger partial charge in [-0.15, -0.1) is 0 Å². The van der Waals surface area contributed by atoms with E-state index in [2.05, 4.69) is 33.0 Å². The van der Waals surface area contributed by atoms with E-state index in [1.54, 1.807) is 0 Å². The van der Waals surface area contributed by atoms with Crippen molar-refractivity contribution in [3.8, 4) is 0 Å². The van der Waals surface area contributed by atoms with Crippen molar-refractivity contribution in [2.24, 2.45) is 17.3 Å². The molecule has 0 heterocycles. The molecule has 2 N–H and O–H groups in total. The van der Waals surface area contributed by atoms with E-state index in [4.69, 9.17) is 4.74 Å². The van der Waals surface area contributed by atoms with Crippen LogP contribution in [-0.2, 0) is 4.74 Å². The first-order valence-electron chi connectivity index (χ1n) is 8.43. The summed E-state index contributed by atoms with van der Waals surface area (Å²) in [6.07, 6.45) is 6.48. The highest BCUT2D eigenvalue weighted by Crippen LogP contribution is 2.44. The normalized spacial score (nSPS) is 36.9. The number of aliphatic hydroxyl groups is 1. The maximum atomic E-state index is 9.53. The average Bonchev–Trinajstić information content (AvgIpc) is 2.42. The molecule has 0 radical (unpaired) electrons. The van der Waals surface area contributed by atoms with Crippen LogP contribution in [0.5, 0.6) is 0 Å². The van der Waals surface area contributed by atoms with E-state index in [0.717, 1.165) is 13.0 Å². The first-order chi connectivity index (χ1) is 9.45. The minimum Gasteiger partial charge on any atom is -0.396 e. The van der Waals surface area contributed by atoms with Crippen LogP contribution in [0.4, 0.5) is 0 Å². The molecule has 2 aliphatic carbocycles. The van der Waals surface area contributed by atoms with Gasteiger partial charge in [-0.25, -0.2) is 0 Å². The van der Waals surface area contributed by atoms with E-state index >= 15 is 0 Å². The van der Waals surface area contributed by atoms with E-state index in [1.165, 1.54) is 25.7 Å². The standard InChI is InChI=1S/C17H33NO2/c1-12(2)11-20-16-9-15(17(16,3)4)18-14-8-6-5-7-13(14)10-19/h12-16,18-19H,5-11H2,1-4H3. The molecule has 0 amide bonds. The first-order valence-corrected chi connectivity index (χ1v) is 8.43. The lowest BCUT2D eigenvalue weighted by atomic mass is 9.63. The number of nitrogens with one attached hydrogen (secondary N) is 1. The SMILES string of the molecule is CC(C)COC1CC(NC2CCCCC2CO)C1(C)C. The number of ether oxygens (including phenoxy) is 1. The molecule has 4 unspecified atom stereocenters. The summed E-state index contributed by atoms with van der Waals surface area (Å²) in [7, 11) is 0. The van der Waals surface area contributed by atoms with Crippen molar-refractivity contribution >= 4 is 0 Å². The van der Waals surface area contributed by atoms with Crippen LogP contribution in [0.25, 0.3) is 0 Å². The van der Waals surface area contributed by atoms with Gasteiger partial charge in [0.2, 0.25) is 0 Å². The molecule has 4 atom stereocenters. The van der Waals surface area contributed by atoms with Gasteiger partial charge in [-0.3, -0.25) is 0 Å². The Labute approximate surface area is 124 Å². The second-order valence-electron chi connectivity index (χ2n) is 7.83. The van der Waals surface area contributed by atoms with Crippen molar-refractivity contribution in [3.63, 3.8) is 0 Å². The van der Waals surface area contributed by atoms with Crippen LogP contribution in [-0.4, -0.2) is 36.5 Å². The molecule has 2 aliphatic rings. The third-order valence-corrected chi connectivity index (χ3v) is 5.37. The molecule has 0 aromatic heterocycles. The van der Waals surface area contributed by atoms with Crippen molar-refractivity contribution in [2.75, 3.05) is 13.2 Å². The molecule has 2 fully saturated rings. The predicted octanol–water partition coefficient (Wildman–Crippen LogP) is 2.97. The van der Waals surface area contributed by atoms with Crippen LogP contribution < -0.4 is 5.32 Å². The summed E-state index contributed by atoms with van der Waals surface area (Å²) >= 11 is 0. The van der Waals surface area contributed by atoms with Crippen LogP contribution in [0, 0.1) is 17.3 Å². The Morgan fingerprint density at radius 1 is 1.25 bits per heavy atom. The van der Waals surface area contributed by atoms with E-state index in [0.29, 0.717) is 36.6 Å². The first kappa shape index (κ1) is 16.3. The van der Waals surface area contributed by atoms with Gasteiger partial charge in [-0.1, -0.05) is 40.5 Å². The molecule has 118 valence electrons. The lowest BCUT2D eigenvalue weighted by molar-refractivity contribution is -0.128. The van der Waals surface area contributed by atoms with Crippen molar-refractivity contribution in [1.82, 2.24) is 5.32 Å². The third-order valence-electron chi connectivity index (χ3n) is 5.37. The predicted molar refractivity (Wildman–Crippen MR) is 82.7 cm³/mol. The zero-order valence-corrected chi connectivity index (χ0v) is 13.7. The zero-order valence-electron chi connectivity index (χ0n) is 13.7. The fourth-order valence-electron chi connectivity index (χ4n) is 3.66. The van der Waals surface area contributed by atoms with E-state index in [-0.39, 0.29) is 5.41 Å². The molecule has 0 saturated heterocycles. The number of aliphatic hydroxyl groups excluding tert-OH is 1. The summed E-state index contributed by atoms with van der Waals surface area (Å²) in [6, 6.07) is 1.04. The fraction of sp³-hybridized carbons (Fsp3) is 1.00. The maximum Gasteiger partial charge on any atom is 0.0656 e. The lowest BCUT2D eigenvalue weighted by Gasteiger charge is -2.54. The fourth-order valence-corrected chi connectivity index (χ4v) is 3.66. The summed E-state index contributed by atoms with van der Waals surface area (Å²) in [5.41, 5.74) is 0.215. The number of rotatable bonds is 6. The molecule has 0 spiro atoms. The molecule has 3 heteroatoms. The van der Waals surface area contributed by atoms with Crippen LogP contribution in [0.1, 0.15) is 59.8 Å². The van der Waals surface area contributed by atoms with Crippen LogP contribution in [0.2, 0.25) is 0 Å². The molecule has 20 heavy (non-hydrogen) atoms. The Morgan fingerprint density at radius 3 is 2.55 bits per heavy atom. The Bertz CT molecular complexity index is 303. The molecule has 0 aromatic rings. The van der Waals surface area contributed by atoms with Gasteiger partial charge in [-0.05, 0) is 31.1 Å². The van der Waals surface area contributed by atoms with Gasteiger partial charge in [0, 0.05) is 30.7 Å². The Balaban J connectivity index is 1.82. The smallest absolute Gasteiger partial charge is 0.0656 e. The molecule has 0 aliphatic heterocycles. The van der Waals surface area contributed by atoms with Gasteiger partial charge in [0.1, 0.15) is 0 Å². The number of hydrogen-bond donors (Lipinski definition) is 2. The number of hydrogen-bond acceptors (Lipinski definition) is 3. The molecule has 0 aromatic carbocycles. The summed E-state index contributed by atoms with van der Waals surface area (Å²) in [5.74, 6) is 1.06. The summed E-state index contributed by atoms with van der Waals surface area (Å²) < 4.78 is 6.04. The summed E-state index contributed by atoms with van der Waals surface area (Å²) in [6.45, 7) is 10.2. The highest BCUT2D eigenvalue weighted by molar-refractivity contribution is 5.04. The topological polar surface area (TPSA) is 41.5 Å². The van der Waals surface area contributed by atoms with Crippen molar-refractivity contribution in [2.45, 2.75) is 78.0 Å². The van der Waals surface area contributed by atoms with Crippen molar-refractivity contribution in [3.05, 3.63) is 0 Å². The summed E-state index contributed by atoms with van der Waals surface area (Å²) in [4.78, 5) is 0. The molecule has 2 rings (SSSR count). The lowest BCUT2D eigenvalue weighted by Crippen LogP contribution is -2.64. The van der Waals surface area contributed by atoms with Gasteiger partial charge in [-0.2, -0.15) is 0 Å². The highest BCUT2D eigenvalue weighted by atomic mass is 16.5. The van der Waals surface area contributed by atoms with Gasteiger partial charge < -0.3 is 15.2 Å². The van der Waals surface area contributed by atoms with Crippen LogP contribution in [0.3, 0.4) is 0 Å². The Kier molecular flexibility index (Phi) is 5.49. The zero-order chi connectivity index (χ0) is 14.8. The molecule has 3 nitrogen and oxygen atoms in total. The van der Waals surface area contributed by atoms with Crippen molar-refractivity contribution in [1.29, 1.82) is 0 Å². The van der Waals surface area contributed by atoms with Gasteiger partial charge in [0.05, 0.1) is 6.10 Å². The second-order valence-corrected chi connectivity index (χ2v) is 7.83.